The number of carboxylic acid groups (broad SMARTS) is 1. The molecule has 21 heavy (non-hydrogen) atoms. The van der Waals surface area contributed by atoms with Gasteiger partial charge in [-0.2, -0.15) is 0 Å². The van der Waals surface area contributed by atoms with Gasteiger partial charge in [-0.25, -0.2) is 23.4 Å². The van der Waals surface area contributed by atoms with Crippen molar-refractivity contribution in [1.82, 2.24) is 10.3 Å². The highest BCUT2D eigenvalue weighted by Crippen LogP contribution is 2.13. The van der Waals surface area contributed by atoms with Crippen molar-refractivity contribution < 1.29 is 23.5 Å². The maximum absolute atomic E-state index is 12.9. The van der Waals surface area contributed by atoms with Crippen LogP contribution < -0.4 is 10.6 Å². The molecule has 0 aliphatic rings. The zero-order valence-corrected chi connectivity index (χ0v) is 11.2. The minimum absolute atomic E-state index is 0.00157. The van der Waals surface area contributed by atoms with E-state index in [1.807, 2.05) is 0 Å². The second kappa shape index (κ2) is 6.27. The van der Waals surface area contributed by atoms with Gasteiger partial charge in [0.15, 0.2) is 5.69 Å². The molecule has 9 heteroatoms. The van der Waals surface area contributed by atoms with Crippen LogP contribution in [-0.4, -0.2) is 22.1 Å². The monoisotopic (exact) mass is 313 g/mol. The number of carbonyl (C=O) groups excluding carboxylic acids is 1. The summed E-state index contributed by atoms with van der Waals surface area (Å²) in [4.78, 5) is 25.9. The van der Waals surface area contributed by atoms with Crippen LogP contribution in [0.2, 0.25) is 0 Å². The first-order chi connectivity index (χ1) is 9.94. The molecule has 0 saturated carbocycles. The van der Waals surface area contributed by atoms with Crippen molar-refractivity contribution in [2.45, 2.75) is 6.54 Å². The molecule has 1 aromatic heterocycles. The lowest BCUT2D eigenvalue weighted by atomic mass is 10.3. The second-order valence-electron chi connectivity index (χ2n) is 3.90. The largest absolute Gasteiger partial charge is 0.476 e. The van der Waals surface area contributed by atoms with Crippen LogP contribution >= 0.6 is 11.3 Å². The molecule has 0 aliphatic heterocycles. The van der Waals surface area contributed by atoms with E-state index in [4.69, 9.17) is 5.11 Å². The number of nitrogens with one attached hydrogen (secondary N) is 2. The average molecular weight is 313 g/mol. The number of nitrogens with zero attached hydrogens (tertiary/aromatic N) is 1. The quantitative estimate of drug-likeness (QED) is 0.808. The number of carboxylic acids is 1. The molecule has 1 aromatic carbocycles. The van der Waals surface area contributed by atoms with E-state index in [1.165, 1.54) is 5.38 Å². The topological polar surface area (TPSA) is 91.3 Å². The molecule has 2 amide bonds. The number of urea groups is 1. The summed E-state index contributed by atoms with van der Waals surface area (Å²) in [5.41, 5.74) is -0.139. The number of thiazole rings is 1. The summed E-state index contributed by atoms with van der Waals surface area (Å²) in [5, 5.41) is 15.1. The number of aromatic nitrogens is 1. The van der Waals surface area contributed by atoms with Crippen molar-refractivity contribution in [2.75, 3.05) is 5.32 Å². The van der Waals surface area contributed by atoms with Crippen molar-refractivity contribution in [3.8, 4) is 0 Å². The van der Waals surface area contributed by atoms with Gasteiger partial charge < -0.3 is 15.7 Å². The van der Waals surface area contributed by atoms with Crippen molar-refractivity contribution >= 4 is 29.0 Å². The normalized spacial score (nSPS) is 10.2. The number of rotatable bonds is 4. The molecular formula is C12H9F2N3O3S. The highest BCUT2D eigenvalue weighted by molar-refractivity contribution is 7.09. The summed E-state index contributed by atoms with van der Waals surface area (Å²) in [5.74, 6) is -2.77. The lowest BCUT2D eigenvalue weighted by Crippen LogP contribution is -2.28. The van der Waals surface area contributed by atoms with E-state index in [1.54, 1.807) is 0 Å². The van der Waals surface area contributed by atoms with Crippen LogP contribution in [0.25, 0.3) is 0 Å². The van der Waals surface area contributed by atoms with Crippen molar-refractivity contribution in [1.29, 1.82) is 0 Å². The Bertz CT molecular complexity index is 670. The number of aromatic carboxylic acids is 1. The number of anilines is 1. The third-order valence-corrected chi connectivity index (χ3v) is 3.14. The average Bonchev–Trinajstić information content (AvgIpc) is 2.84. The summed E-state index contributed by atoms with van der Waals surface area (Å²) in [6.07, 6.45) is 0. The summed E-state index contributed by atoms with van der Waals surface area (Å²) < 4.78 is 25.9. The SMILES string of the molecule is O=C(NCc1nc(C(=O)O)cs1)Nc1cc(F)cc(F)c1. The molecule has 0 aliphatic carbocycles. The number of benzene rings is 1. The first-order valence-electron chi connectivity index (χ1n) is 5.62. The van der Waals surface area contributed by atoms with Gasteiger partial charge in [0.25, 0.3) is 0 Å². The van der Waals surface area contributed by atoms with Crippen LogP contribution in [0, 0.1) is 11.6 Å². The Morgan fingerprint density at radius 2 is 1.90 bits per heavy atom. The number of halogens is 2. The molecule has 110 valence electrons. The zero-order chi connectivity index (χ0) is 15.4. The Kier molecular flexibility index (Phi) is 4.43. The Morgan fingerprint density at radius 3 is 2.48 bits per heavy atom. The van der Waals surface area contributed by atoms with Crippen molar-refractivity contribution in [3.63, 3.8) is 0 Å². The molecule has 0 saturated heterocycles. The number of carbonyl (C=O) groups is 2. The number of hydrogen-bond donors (Lipinski definition) is 3. The first kappa shape index (κ1) is 14.9. The fourth-order valence-electron chi connectivity index (χ4n) is 1.45. The molecule has 0 atom stereocenters. The summed E-state index contributed by atoms with van der Waals surface area (Å²) in [6.45, 7) is 0.00157. The van der Waals surface area contributed by atoms with E-state index in [-0.39, 0.29) is 17.9 Å². The van der Waals surface area contributed by atoms with E-state index < -0.39 is 23.6 Å². The lowest BCUT2D eigenvalue weighted by molar-refractivity contribution is 0.0691. The van der Waals surface area contributed by atoms with Crippen molar-refractivity contribution in [2.24, 2.45) is 0 Å². The number of amides is 2. The molecule has 1 heterocycles. The predicted octanol–water partition coefficient (Wildman–Crippen LogP) is 2.44. The van der Waals surface area contributed by atoms with Crippen LogP contribution in [0.15, 0.2) is 23.6 Å². The summed E-state index contributed by atoms with van der Waals surface area (Å²) in [7, 11) is 0. The summed E-state index contributed by atoms with van der Waals surface area (Å²) in [6, 6.07) is 1.93. The van der Waals surface area contributed by atoms with E-state index in [0.29, 0.717) is 11.1 Å². The smallest absolute Gasteiger partial charge is 0.355 e. The van der Waals surface area contributed by atoms with Gasteiger partial charge in [0.1, 0.15) is 16.6 Å². The van der Waals surface area contributed by atoms with Crippen LogP contribution in [-0.2, 0) is 6.54 Å². The molecule has 3 N–H and O–H groups in total. The van der Waals surface area contributed by atoms with Crippen LogP contribution in [0.4, 0.5) is 19.3 Å². The maximum atomic E-state index is 12.9. The third-order valence-electron chi connectivity index (χ3n) is 2.29. The molecule has 2 aromatic rings. The fraction of sp³-hybridized carbons (Fsp3) is 0.0833. The van der Waals surface area contributed by atoms with Gasteiger partial charge in [0.05, 0.1) is 6.54 Å². The fourth-order valence-corrected chi connectivity index (χ4v) is 2.16. The van der Waals surface area contributed by atoms with Gasteiger partial charge in [-0.1, -0.05) is 0 Å². The molecule has 0 fully saturated rings. The van der Waals surface area contributed by atoms with Crippen LogP contribution in [0.3, 0.4) is 0 Å². The molecule has 0 bridgehead atoms. The van der Waals surface area contributed by atoms with E-state index >= 15 is 0 Å². The standard InChI is InChI=1S/C12H9F2N3O3S/c13-6-1-7(14)3-8(2-6)16-12(20)15-4-10-17-9(5-21-10)11(18)19/h1-3,5H,4H2,(H,18,19)(H2,15,16,20). The van der Waals surface area contributed by atoms with Gasteiger partial charge in [-0.15, -0.1) is 11.3 Å². The molecule has 0 radical (unpaired) electrons. The maximum Gasteiger partial charge on any atom is 0.355 e. The Balaban J connectivity index is 1.90. The molecule has 6 nitrogen and oxygen atoms in total. The van der Waals surface area contributed by atoms with E-state index in [2.05, 4.69) is 15.6 Å². The highest BCUT2D eigenvalue weighted by atomic mass is 32.1. The Morgan fingerprint density at radius 1 is 1.24 bits per heavy atom. The van der Waals surface area contributed by atoms with Crippen LogP contribution in [0.1, 0.15) is 15.5 Å². The Hall–Kier alpha value is -2.55. The van der Waals surface area contributed by atoms with Gasteiger partial charge in [0.2, 0.25) is 0 Å². The predicted molar refractivity (Wildman–Crippen MR) is 71.3 cm³/mol. The third kappa shape index (κ3) is 4.21. The highest BCUT2D eigenvalue weighted by Gasteiger charge is 2.10. The molecule has 2 rings (SSSR count). The van der Waals surface area contributed by atoms with Gasteiger partial charge in [-0.3, -0.25) is 0 Å². The number of hydrogen-bond acceptors (Lipinski definition) is 4. The Labute approximate surface area is 121 Å². The van der Waals surface area contributed by atoms with Gasteiger partial charge in [0, 0.05) is 17.1 Å². The van der Waals surface area contributed by atoms with Gasteiger partial charge >= 0.3 is 12.0 Å². The molecular weight excluding hydrogens is 304 g/mol. The lowest BCUT2D eigenvalue weighted by Gasteiger charge is -2.06. The summed E-state index contributed by atoms with van der Waals surface area (Å²) >= 11 is 1.08. The minimum Gasteiger partial charge on any atom is -0.476 e. The minimum atomic E-state index is -1.16. The van der Waals surface area contributed by atoms with Gasteiger partial charge in [-0.05, 0) is 12.1 Å². The van der Waals surface area contributed by atoms with Crippen LogP contribution in [0.5, 0.6) is 0 Å². The second-order valence-corrected chi connectivity index (χ2v) is 4.84. The van der Waals surface area contributed by atoms with Crippen molar-refractivity contribution in [3.05, 3.63) is 45.9 Å². The van der Waals surface area contributed by atoms with E-state index in [9.17, 15) is 18.4 Å². The zero-order valence-electron chi connectivity index (χ0n) is 10.4. The molecule has 0 spiro atoms. The van der Waals surface area contributed by atoms with E-state index in [0.717, 1.165) is 23.5 Å². The first-order valence-corrected chi connectivity index (χ1v) is 6.50. The molecule has 0 unspecified atom stereocenters.